The molecule has 0 saturated carbocycles. The maximum absolute atomic E-state index is 12.4. The number of rotatable bonds is 7. The number of nitrogens with one attached hydrogen (secondary N) is 1. The summed E-state index contributed by atoms with van der Waals surface area (Å²) in [7, 11) is 5.70. The van der Waals surface area contributed by atoms with E-state index in [0.717, 1.165) is 0 Å². The van der Waals surface area contributed by atoms with Crippen LogP contribution in [0.15, 0.2) is 29.4 Å². The summed E-state index contributed by atoms with van der Waals surface area (Å²) >= 11 is 0. The lowest BCUT2D eigenvalue weighted by molar-refractivity contribution is 0.0601. The lowest BCUT2D eigenvalue weighted by Crippen LogP contribution is -2.13. The normalized spacial score (nSPS) is 10.9. The number of hydrogen-bond donors (Lipinski definition) is 1. The molecule has 0 fully saturated rings. The molecule has 1 aromatic carbocycles. The van der Waals surface area contributed by atoms with Crippen LogP contribution in [0.1, 0.15) is 22.8 Å². The largest absolute Gasteiger partial charge is 0.481 e. The predicted molar refractivity (Wildman–Crippen MR) is 95.4 cm³/mol. The molecule has 0 radical (unpaired) electrons. The summed E-state index contributed by atoms with van der Waals surface area (Å²) in [4.78, 5) is 25.6. The van der Waals surface area contributed by atoms with Gasteiger partial charge in [0.1, 0.15) is 7.11 Å². The molecule has 0 aliphatic heterocycles. The summed E-state index contributed by atoms with van der Waals surface area (Å²) in [5.74, 6) is 0.285. The lowest BCUT2D eigenvalue weighted by Gasteiger charge is -2.14. The topological polar surface area (TPSA) is 104 Å². The van der Waals surface area contributed by atoms with E-state index in [1.165, 1.54) is 34.5 Å². The molecule has 138 valence electrons. The Kier molecular flexibility index (Phi) is 6.31. The second-order valence-corrected chi connectivity index (χ2v) is 4.98. The quantitative estimate of drug-likeness (QED) is 0.456. The molecule has 0 aliphatic rings. The van der Waals surface area contributed by atoms with Crippen LogP contribution < -0.4 is 14.8 Å². The Hall–Kier alpha value is -3.36. The van der Waals surface area contributed by atoms with Crippen molar-refractivity contribution < 1.29 is 23.8 Å². The van der Waals surface area contributed by atoms with Crippen molar-refractivity contribution in [1.82, 2.24) is 9.97 Å². The van der Waals surface area contributed by atoms with Crippen LogP contribution >= 0.6 is 0 Å². The zero-order chi connectivity index (χ0) is 19.1. The van der Waals surface area contributed by atoms with Gasteiger partial charge in [-0.3, -0.25) is 0 Å². The first-order valence-electron chi connectivity index (χ1n) is 7.57. The number of carbonyl (C=O) groups is 1. The van der Waals surface area contributed by atoms with Crippen molar-refractivity contribution in [3.63, 3.8) is 0 Å². The van der Waals surface area contributed by atoms with Gasteiger partial charge in [-0.05, 0) is 13.0 Å². The fourth-order valence-electron chi connectivity index (χ4n) is 2.26. The number of carbonyl (C=O) groups excluding carboxylic acids is 1. The van der Waals surface area contributed by atoms with Gasteiger partial charge in [0.25, 0.3) is 0 Å². The van der Waals surface area contributed by atoms with Crippen LogP contribution in [-0.4, -0.2) is 50.1 Å². The van der Waals surface area contributed by atoms with Crippen molar-refractivity contribution in [2.45, 2.75) is 6.92 Å². The summed E-state index contributed by atoms with van der Waals surface area (Å²) < 4.78 is 15.2. The van der Waals surface area contributed by atoms with Crippen LogP contribution in [0.3, 0.4) is 0 Å². The molecule has 0 unspecified atom stereocenters. The van der Waals surface area contributed by atoms with E-state index in [2.05, 4.69) is 20.4 Å². The molecular formula is C17H20N4O5. The molecule has 0 amide bonds. The molecule has 0 atom stereocenters. The van der Waals surface area contributed by atoms with Gasteiger partial charge in [0.05, 0.1) is 44.4 Å². The van der Waals surface area contributed by atoms with Crippen molar-refractivity contribution in [3.8, 4) is 11.8 Å². The highest BCUT2D eigenvalue weighted by Gasteiger charge is 2.20. The highest BCUT2D eigenvalue weighted by Crippen LogP contribution is 2.26. The van der Waals surface area contributed by atoms with E-state index in [0.29, 0.717) is 28.7 Å². The van der Waals surface area contributed by atoms with Crippen LogP contribution in [0.4, 0.5) is 11.6 Å². The number of hydrogen-bond acceptors (Lipinski definition) is 9. The van der Waals surface area contributed by atoms with E-state index < -0.39 is 5.97 Å². The van der Waals surface area contributed by atoms with Crippen molar-refractivity contribution in [1.29, 1.82) is 0 Å². The number of ether oxygens (including phenoxy) is 3. The van der Waals surface area contributed by atoms with Gasteiger partial charge in [-0.2, -0.15) is 9.97 Å². The fraction of sp³-hybridized carbons (Fsp3) is 0.294. The number of benzene rings is 1. The lowest BCUT2D eigenvalue weighted by atomic mass is 10.0. The third kappa shape index (κ3) is 4.18. The van der Waals surface area contributed by atoms with Crippen LogP contribution in [0.25, 0.3) is 0 Å². The summed E-state index contributed by atoms with van der Waals surface area (Å²) in [5.41, 5.74) is 1.79. The van der Waals surface area contributed by atoms with Crippen molar-refractivity contribution in [2.24, 2.45) is 5.16 Å². The Morgan fingerprint density at radius 1 is 1.08 bits per heavy atom. The minimum Gasteiger partial charge on any atom is -0.481 e. The number of nitrogens with zero attached hydrogens (tertiary/aromatic N) is 3. The Morgan fingerprint density at radius 2 is 1.73 bits per heavy atom. The van der Waals surface area contributed by atoms with Crippen LogP contribution in [0, 0.1) is 0 Å². The van der Waals surface area contributed by atoms with Gasteiger partial charge in [0.15, 0.2) is 0 Å². The number of esters is 1. The van der Waals surface area contributed by atoms with E-state index >= 15 is 0 Å². The number of oxime groups is 1. The predicted octanol–water partition coefficient (Wildman–Crippen LogP) is 2.39. The van der Waals surface area contributed by atoms with Crippen LogP contribution in [0.5, 0.6) is 11.8 Å². The van der Waals surface area contributed by atoms with Crippen LogP contribution in [-0.2, 0) is 9.57 Å². The molecular weight excluding hydrogens is 340 g/mol. The Morgan fingerprint density at radius 3 is 2.27 bits per heavy atom. The molecule has 26 heavy (non-hydrogen) atoms. The summed E-state index contributed by atoms with van der Waals surface area (Å²) in [6.45, 7) is 1.72. The first-order chi connectivity index (χ1) is 12.5. The zero-order valence-corrected chi connectivity index (χ0v) is 15.2. The minimum absolute atomic E-state index is 0.199. The molecule has 1 aromatic heterocycles. The highest BCUT2D eigenvalue weighted by molar-refractivity contribution is 6.10. The van der Waals surface area contributed by atoms with E-state index in [1.807, 2.05) is 0 Å². The first kappa shape index (κ1) is 19.0. The molecule has 2 aromatic rings. The summed E-state index contributed by atoms with van der Waals surface area (Å²) in [6.07, 6.45) is 0. The van der Waals surface area contributed by atoms with Crippen molar-refractivity contribution >= 4 is 23.3 Å². The third-order valence-electron chi connectivity index (χ3n) is 3.42. The molecule has 9 nitrogen and oxygen atoms in total. The monoisotopic (exact) mass is 360 g/mol. The van der Waals surface area contributed by atoms with Gasteiger partial charge >= 0.3 is 5.97 Å². The molecule has 1 N–H and O–H groups in total. The Balaban J connectivity index is 2.54. The fourth-order valence-corrected chi connectivity index (χ4v) is 2.26. The standard InChI is InChI=1S/C17H20N4O5/c1-10(21-26-5)11-7-6-8-12(15(11)16(22)25-4)18-17-19-13(23-2)9-14(20-17)24-3/h6-9H,1-5H3,(H,18,19,20). The molecule has 2 rings (SSSR count). The maximum atomic E-state index is 12.4. The van der Waals surface area contributed by atoms with E-state index in [9.17, 15) is 4.79 Å². The van der Waals surface area contributed by atoms with Crippen molar-refractivity contribution in [3.05, 3.63) is 35.4 Å². The second-order valence-electron chi connectivity index (χ2n) is 4.98. The molecule has 0 bridgehead atoms. The molecule has 0 spiro atoms. The van der Waals surface area contributed by atoms with E-state index in [4.69, 9.17) is 19.0 Å². The van der Waals surface area contributed by atoms with E-state index in [1.54, 1.807) is 25.1 Å². The summed E-state index contributed by atoms with van der Waals surface area (Å²) in [5, 5.41) is 6.88. The van der Waals surface area contributed by atoms with Gasteiger partial charge < -0.3 is 24.4 Å². The highest BCUT2D eigenvalue weighted by atomic mass is 16.6. The number of anilines is 2. The summed E-state index contributed by atoms with van der Waals surface area (Å²) in [6, 6.07) is 6.74. The number of methoxy groups -OCH3 is 3. The molecule has 1 heterocycles. The zero-order valence-electron chi connectivity index (χ0n) is 15.2. The Bertz CT molecular complexity index is 801. The van der Waals surface area contributed by atoms with Gasteiger partial charge in [0.2, 0.25) is 17.7 Å². The van der Waals surface area contributed by atoms with Crippen molar-refractivity contribution in [2.75, 3.05) is 33.8 Å². The first-order valence-corrected chi connectivity index (χ1v) is 7.57. The average molecular weight is 360 g/mol. The smallest absolute Gasteiger partial charge is 0.340 e. The Labute approximate surface area is 150 Å². The number of aromatic nitrogens is 2. The van der Waals surface area contributed by atoms with Gasteiger partial charge in [-0.25, -0.2) is 4.79 Å². The average Bonchev–Trinajstić information content (AvgIpc) is 2.67. The van der Waals surface area contributed by atoms with Gasteiger partial charge in [0, 0.05) is 5.56 Å². The van der Waals surface area contributed by atoms with Gasteiger partial charge in [-0.15, -0.1) is 0 Å². The minimum atomic E-state index is -0.538. The molecule has 0 aliphatic carbocycles. The second kappa shape index (κ2) is 8.65. The van der Waals surface area contributed by atoms with Gasteiger partial charge in [-0.1, -0.05) is 17.3 Å². The SMILES string of the molecule is CON=C(C)c1cccc(Nc2nc(OC)cc(OC)n2)c1C(=O)OC. The molecule has 9 heteroatoms. The maximum Gasteiger partial charge on any atom is 0.340 e. The van der Waals surface area contributed by atoms with Crippen LogP contribution in [0.2, 0.25) is 0 Å². The molecule has 0 saturated heterocycles. The third-order valence-corrected chi connectivity index (χ3v) is 3.42. The van der Waals surface area contributed by atoms with E-state index in [-0.39, 0.29) is 11.5 Å².